The highest BCUT2D eigenvalue weighted by Crippen LogP contribution is 2.03. The quantitative estimate of drug-likeness (QED) is 0.580. The molecule has 0 spiro atoms. The van der Waals surface area contributed by atoms with E-state index in [-0.39, 0.29) is 31.0 Å². The lowest BCUT2D eigenvalue weighted by Gasteiger charge is -2.20. The van der Waals surface area contributed by atoms with Gasteiger partial charge in [-0.25, -0.2) is 0 Å². The van der Waals surface area contributed by atoms with Crippen LogP contribution in [0.5, 0.6) is 0 Å². The molecule has 0 heterocycles. The summed E-state index contributed by atoms with van der Waals surface area (Å²) < 4.78 is 21.5. The van der Waals surface area contributed by atoms with Crippen LogP contribution in [0.25, 0.3) is 0 Å². The fraction of sp³-hybridized carbons (Fsp3) is 1.00. The van der Waals surface area contributed by atoms with Crippen molar-refractivity contribution in [1.82, 2.24) is 0 Å². The fourth-order valence-electron chi connectivity index (χ4n) is 1.09. The van der Waals surface area contributed by atoms with Crippen LogP contribution in [0.1, 0.15) is 27.7 Å². The molecule has 0 aliphatic heterocycles. The van der Waals surface area contributed by atoms with E-state index >= 15 is 0 Å². The molecule has 1 N–H and O–H groups in total. The van der Waals surface area contributed by atoms with Crippen molar-refractivity contribution in [3.63, 3.8) is 0 Å². The lowest BCUT2D eigenvalue weighted by Crippen LogP contribution is -2.27. The standard InChI is InChI=1S/C12H27O5P/c1-9(5-13)14-6-10(2)15-7-11(3)16-8-12(4)17-18/h9-13H,5-8,18H2,1-4H3. The molecule has 0 aromatic heterocycles. The first kappa shape index (κ1) is 18.2. The Labute approximate surface area is 112 Å². The van der Waals surface area contributed by atoms with Gasteiger partial charge in [0.1, 0.15) is 0 Å². The van der Waals surface area contributed by atoms with E-state index in [4.69, 9.17) is 23.8 Å². The highest BCUT2D eigenvalue weighted by Gasteiger charge is 2.10. The van der Waals surface area contributed by atoms with Crippen molar-refractivity contribution in [2.24, 2.45) is 0 Å². The van der Waals surface area contributed by atoms with Crippen molar-refractivity contribution in [3.05, 3.63) is 0 Å². The summed E-state index contributed by atoms with van der Waals surface area (Å²) in [5, 5.41) is 8.81. The normalized spacial score (nSPS) is 18.3. The van der Waals surface area contributed by atoms with Crippen molar-refractivity contribution >= 4 is 9.47 Å². The molecular weight excluding hydrogens is 255 g/mol. The summed E-state index contributed by atoms with van der Waals surface area (Å²) in [5.41, 5.74) is 0. The van der Waals surface area contributed by atoms with Crippen molar-refractivity contribution in [2.75, 3.05) is 26.4 Å². The zero-order valence-electron chi connectivity index (χ0n) is 11.8. The molecule has 5 nitrogen and oxygen atoms in total. The topological polar surface area (TPSA) is 57.2 Å². The summed E-state index contributed by atoms with van der Waals surface area (Å²) in [4.78, 5) is 0. The Morgan fingerprint density at radius 2 is 1.17 bits per heavy atom. The van der Waals surface area contributed by atoms with E-state index in [1.165, 1.54) is 0 Å². The predicted molar refractivity (Wildman–Crippen MR) is 73.6 cm³/mol. The molecule has 0 aliphatic carbocycles. The Morgan fingerprint density at radius 1 is 0.778 bits per heavy atom. The van der Waals surface area contributed by atoms with Gasteiger partial charge in [0, 0.05) is 9.47 Å². The molecule has 0 radical (unpaired) electrons. The molecule has 0 amide bonds. The first-order valence-corrected chi connectivity index (χ1v) is 6.77. The van der Waals surface area contributed by atoms with Crippen LogP contribution in [0.15, 0.2) is 0 Å². The Bertz CT molecular complexity index is 173. The SMILES string of the molecule is CC(COC(C)COC(C)COC(C)CO)OP. The largest absolute Gasteiger partial charge is 0.394 e. The maximum absolute atomic E-state index is 8.81. The van der Waals surface area contributed by atoms with E-state index < -0.39 is 0 Å². The van der Waals surface area contributed by atoms with Crippen molar-refractivity contribution < 1.29 is 23.8 Å². The van der Waals surface area contributed by atoms with Crippen LogP contribution in [0.4, 0.5) is 0 Å². The maximum atomic E-state index is 8.81. The number of hydrogen-bond acceptors (Lipinski definition) is 5. The zero-order valence-corrected chi connectivity index (χ0v) is 13.0. The van der Waals surface area contributed by atoms with Gasteiger partial charge in [0.25, 0.3) is 0 Å². The molecule has 0 aromatic rings. The molecular formula is C12H27O5P. The lowest BCUT2D eigenvalue weighted by atomic mass is 10.3. The third-order valence-electron chi connectivity index (χ3n) is 2.34. The van der Waals surface area contributed by atoms with Gasteiger partial charge in [-0.05, 0) is 27.7 Å². The molecule has 0 saturated carbocycles. The van der Waals surface area contributed by atoms with Gasteiger partial charge in [-0.1, -0.05) is 0 Å². The van der Waals surface area contributed by atoms with Crippen LogP contribution < -0.4 is 0 Å². The summed E-state index contributed by atoms with van der Waals surface area (Å²) in [5.74, 6) is 0. The second-order valence-corrected chi connectivity index (χ2v) is 4.83. The molecule has 5 unspecified atom stereocenters. The summed E-state index contributed by atoms with van der Waals surface area (Å²) in [6.07, 6.45) is -0.0841. The van der Waals surface area contributed by atoms with Gasteiger partial charge < -0.3 is 23.8 Å². The van der Waals surface area contributed by atoms with Gasteiger partial charge in [-0.2, -0.15) is 0 Å². The molecule has 6 heteroatoms. The van der Waals surface area contributed by atoms with Gasteiger partial charge in [-0.15, -0.1) is 0 Å². The van der Waals surface area contributed by atoms with Gasteiger partial charge in [0.05, 0.1) is 50.8 Å². The van der Waals surface area contributed by atoms with Crippen LogP contribution in [0.3, 0.4) is 0 Å². The lowest BCUT2D eigenvalue weighted by molar-refractivity contribution is -0.0802. The van der Waals surface area contributed by atoms with Gasteiger partial charge in [-0.3, -0.25) is 0 Å². The van der Waals surface area contributed by atoms with E-state index in [0.29, 0.717) is 19.8 Å². The highest BCUT2D eigenvalue weighted by molar-refractivity contribution is 7.09. The summed E-state index contributed by atoms with van der Waals surface area (Å²) in [7, 11) is 2.22. The maximum Gasteiger partial charge on any atom is 0.0816 e. The zero-order chi connectivity index (χ0) is 14.0. The highest BCUT2D eigenvalue weighted by atomic mass is 31.0. The molecule has 0 rings (SSSR count). The van der Waals surface area contributed by atoms with Crippen molar-refractivity contribution in [2.45, 2.75) is 52.1 Å². The third kappa shape index (κ3) is 10.2. The van der Waals surface area contributed by atoms with E-state index in [1.54, 1.807) is 0 Å². The predicted octanol–water partition coefficient (Wildman–Crippen LogP) is 1.39. The number of rotatable bonds is 11. The van der Waals surface area contributed by atoms with Crippen LogP contribution in [0.2, 0.25) is 0 Å². The van der Waals surface area contributed by atoms with E-state index in [0.717, 1.165) is 0 Å². The fourth-order valence-corrected chi connectivity index (χ4v) is 1.17. The van der Waals surface area contributed by atoms with Gasteiger partial charge >= 0.3 is 0 Å². The Morgan fingerprint density at radius 3 is 1.56 bits per heavy atom. The minimum absolute atomic E-state index is 0.0135. The number of aliphatic hydroxyl groups is 1. The third-order valence-corrected chi connectivity index (χ3v) is 2.80. The summed E-state index contributed by atoms with van der Waals surface area (Å²) >= 11 is 0. The number of ether oxygens (including phenoxy) is 3. The molecule has 0 bridgehead atoms. The Hall–Kier alpha value is 0.230. The smallest absolute Gasteiger partial charge is 0.0816 e. The average Bonchev–Trinajstić information content (AvgIpc) is 2.39. The van der Waals surface area contributed by atoms with Crippen LogP contribution in [0, 0.1) is 0 Å². The molecule has 0 saturated heterocycles. The average molecular weight is 282 g/mol. The first-order chi connectivity index (χ1) is 8.49. The number of aliphatic hydroxyl groups excluding tert-OH is 1. The van der Waals surface area contributed by atoms with E-state index in [9.17, 15) is 0 Å². The molecule has 0 aliphatic rings. The van der Waals surface area contributed by atoms with E-state index in [2.05, 4.69) is 9.47 Å². The van der Waals surface area contributed by atoms with Crippen LogP contribution in [-0.2, 0) is 18.7 Å². The molecule has 0 fully saturated rings. The monoisotopic (exact) mass is 282 g/mol. The van der Waals surface area contributed by atoms with Crippen molar-refractivity contribution in [3.8, 4) is 0 Å². The Balaban J connectivity index is 3.55. The minimum Gasteiger partial charge on any atom is -0.394 e. The molecule has 0 aromatic carbocycles. The van der Waals surface area contributed by atoms with Gasteiger partial charge in [0.2, 0.25) is 0 Å². The van der Waals surface area contributed by atoms with Gasteiger partial charge in [0.15, 0.2) is 0 Å². The first-order valence-electron chi connectivity index (χ1n) is 6.30. The van der Waals surface area contributed by atoms with E-state index in [1.807, 2.05) is 27.7 Å². The second-order valence-electron chi connectivity index (χ2n) is 4.56. The summed E-state index contributed by atoms with van der Waals surface area (Å²) in [6, 6.07) is 0. The molecule has 5 atom stereocenters. The molecule has 18 heavy (non-hydrogen) atoms. The number of hydrogen-bond donors (Lipinski definition) is 1. The van der Waals surface area contributed by atoms with Crippen LogP contribution in [-0.4, -0.2) is 55.9 Å². The van der Waals surface area contributed by atoms with Crippen molar-refractivity contribution in [1.29, 1.82) is 0 Å². The summed E-state index contributed by atoms with van der Waals surface area (Å²) in [6.45, 7) is 9.21. The minimum atomic E-state index is -0.148. The van der Waals surface area contributed by atoms with Crippen LogP contribution >= 0.6 is 9.47 Å². The second kappa shape index (κ2) is 11.1. The molecule has 110 valence electrons. The Kier molecular flexibility index (Phi) is 11.2.